The third-order valence-electron chi connectivity index (χ3n) is 3.18. The zero-order valence-electron chi connectivity index (χ0n) is 11.1. The van der Waals surface area contributed by atoms with Gasteiger partial charge in [-0.2, -0.15) is 16.7 Å². The molecule has 2 rings (SSSR count). The minimum atomic E-state index is 0.625. The molecule has 1 aliphatic heterocycles. The van der Waals surface area contributed by atoms with E-state index in [0.29, 0.717) is 17.7 Å². The van der Waals surface area contributed by atoms with Gasteiger partial charge in [0.2, 0.25) is 5.88 Å². The van der Waals surface area contributed by atoms with Crippen LogP contribution in [0.3, 0.4) is 0 Å². The summed E-state index contributed by atoms with van der Waals surface area (Å²) in [6, 6.07) is 0. The standard InChI is InChI=1S/C13H21N3OS/c1-3-17-13-9-14-8-12(15-13)16-7-5-4-6-11(10-16)18-2/h8-9,11H,3-7,10H2,1-2H3. The first-order valence-electron chi connectivity index (χ1n) is 6.56. The lowest BCUT2D eigenvalue weighted by atomic mass is 10.2. The highest BCUT2D eigenvalue weighted by Gasteiger charge is 2.19. The fraction of sp³-hybridized carbons (Fsp3) is 0.692. The molecule has 0 spiro atoms. The van der Waals surface area contributed by atoms with Crippen molar-refractivity contribution in [3.05, 3.63) is 12.4 Å². The van der Waals surface area contributed by atoms with Crippen molar-refractivity contribution in [3.8, 4) is 5.88 Å². The molecule has 4 nitrogen and oxygen atoms in total. The molecule has 0 amide bonds. The zero-order chi connectivity index (χ0) is 12.8. The molecule has 0 N–H and O–H groups in total. The number of anilines is 1. The molecular weight excluding hydrogens is 246 g/mol. The smallest absolute Gasteiger partial charge is 0.234 e. The predicted octanol–water partition coefficient (Wildman–Crippen LogP) is 2.60. The molecule has 1 aromatic rings. The maximum atomic E-state index is 5.42. The van der Waals surface area contributed by atoms with Gasteiger partial charge in [-0.05, 0) is 26.0 Å². The number of aromatic nitrogens is 2. The van der Waals surface area contributed by atoms with Gasteiger partial charge in [-0.1, -0.05) is 6.42 Å². The van der Waals surface area contributed by atoms with Gasteiger partial charge in [-0.3, -0.25) is 4.98 Å². The zero-order valence-corrected chi connectivity index (χ0v) is 11.9. The van der Waals surface area contributed by atoms with E-state index in [2.05, 4.69) is 21.1 Å². The topological polar surface area (TPSA) is 38.2 Å². The summed E-state index contributed by atoms with van der Waals surface area (Å²) in [5.74, 6) is 1.57. The summed E-state index contributed by atoms with van der Waals surface area (Å²) < 4.78 is 5.42. The van der Waals surface area contributed by atoms with Gasteiger partial charge in [0.05, 0.1) is 19.0 Å². The Kier molecular flexibility index (Phi) is 5.11. The molecule has 1 fully saturated rings. The Bertz CT molecular complexity index is 375. The lowest BCUT2D eigenvalue weighted by Crippen LogP contribution is -2.30. The highest BCUT2D eigenvalue weighted by molar-refractivity contribution is 7.99. The molecule has 18 heavy (non-hydrogen) atoms. The van der Waals surface area contributed by atoms with E-state index in [1.807, 2.05) is 24.9 Å². The molecule has 2 heterocycles. The van der Waals surface area contributed by atoms with E-state index < -0.39 is 0 Å². The van der Waals surface area contributed by atoms with Crippen LogP contribution in [-0.4, -0.2) is 41.2 Å². The Morgan fingerprint density at radius 1 is 1.44 bits per heavy atom. The average molecular weight is 267 g/mol. The Morgan fingerprint density at radius 2 is 2.33 bits per heavy atom. The van der Waals surface area contributed by atoms with Crippen LogP contribution in [0.1, 0.15) is 26.2 Å². The van der Waals surface area contributed by atoms with Gasteiger partial charge in [-0.25, -0.2) is 0 Å². The van der Waals surface area contributed by atoms with Crippen molar-refractivity contribution in [1.82, 2.24) is 9.97 Å². The molecule has 0 bridgehead atoms. The van der Waals surface area contributed by atoms with Crippen LogP contribution >= 0.6 is 11.8 Å². The molecule has 100 valence electrons. The molecule has 1 aromatic heterocycles. The minimum Gasteiger partial charge on any atom is -0.477 e. The summed E-state index contributed by atoms with van der Waals surface area (Å²) in [6.45, 7) is 4.72. The summed E-state index contributed by atoms with van der Waals surface area (Å²) in [5.41, 5.74) is 0. The number of rotatable bonds is 4. The van der Waals surface area contributed by atoms with E-state index in [-0.39, 0.29) is 0 Å². The van der Waals surface area contributed by atoms with E-state index in [1.54, 1.807) is 6.20 Å². The van der Waals surface area contributed by atoms with Crippen LogP contribution in [0.2, 0.25) is 0 Å². The van der Waals surface area contributed by atoms with Gasteiger partial charge in [0.15, 0.2) is 5.82 Å². The second-order valence-corrected chi connectivity index (χ2v) is 5.59. The average Bonchev–Trinajstić information content (AvgIpc) is 2.65. The SMILES string of the molecule is CCOc1cncc(N2CCCCC(SC)C2)n1. The van der Waals surface area contributed by atoms with Gasteiger partial charge in [0.1, 0.15) is 0 Å². The molecule has 1 saturated heterocycles. The second-order valence-electron chi connectivity index (χ2n) is 4.45. The molecular formula is C13H21N3OS. The van der Waals surface area contributed by atoms with Crippen molar-refractivity contribution >= 4 is 17.6 Å². The van der Waals surface area contributed by atoms with Crippen LogP contribution in [0, 0.1) is 0 Å². The first-order chi connectivity index (χ1) is 8.83. The van der Waals surface area contributed by atoms with Crippen LogP contribution in [0.25, 0.3) is 0 Å². The van der Waals surface area contributed by atoms with Crippen molar-refractivity contribution in [3.63, 3.8) is 0 Å². The molecule has 1 unspecified atom stereocenters. The van der Waals surface area contributed by atoms with Crippen molar-refractivity contribution in [2.24, 2.45) is 0 Å². The fourth-order valence-corrected chi connectivity index (χ4v) is 2.94. The molecule has 0 radical (unpaired) electrons. The van der Waals surface area contributed by atoms with E-state index in [4.69, 9.17) is 4.74 Å². The second kappa shape index (κ2) is 6.83. The van der Waals surface area contributed by atoms with Gasteiger partial charge in [0, 0.05) is 18.3 Å². The molecule has 0 aromatic carbocycles. The van der Waals surface area contributed by atoms with E-state index in [1.165, 1.54) is 19.3 Å². The van der Waals surface area contributed by atoms with Crippen molar-refractivity contribution in [2.45, 2.75) is 31.4 Å². The van der Waals surface area contributed by atoms with Gasteiger partial charge in [0.25, 0.3) is 0 Å². The van der Waals surface area contributed by atoms with Crippen LogP contribution in [0.5, 0.6) is 5.88 Å². The van der Waals surface area contributed by atoms with Crippen LogP contribution < -0.4 is 9.64 Å². The third kappa shape index (κ3) is 3.51. The van der Waals surface area contributed by atoms with Crippen molar-refractivity contribution in [1.29, 1.82) is 0 Å². The molecule has 1 aliphatic rings. The minimum absolute atomic E-state index is 0.625. The quantitative estimate of drug-likeness (QED) is 0.838. The van der Waals surface area contributed by atoms with E-state index >= 15 is 0 Å². The van der Waals surface area contributed by atoms with Gasteiger partial charge >= 0.3 is 0 Å². The number of ether oxygens (including phenoxy) is 1. The fourth-order valence-electron chi connectivity index (χ4n) is 2.21. The van der Waals surface area contributed by atoms with Crippen LogP contribution in [0.4, 0.5) is 5.82 Å². The lowest BCUT2D eigenvalue weighted by Gasteiger charge is -2.24. The normalized spacial score (nSPS) is 20.6. The summed E-state index contributed by atoms with van der Waals surface area (Å²) >= 11 is 1.95. The Morgan fingerprint density at radius 3 is 3.11 bits per heavy atom. The predicted molar refractivity (Wildman–Crippen MR) is 76.6 cm³/mol. The first-order valence-corrected chi connectivity index (χ1v) is 7.85. The number of hydrogen-bond acceptors (Lipinski definition) is 5. The van der Waals surface area contributed by atoms with Crippen molar-refractivity contribution in [2.75, 3.05) is 30.9 Å². The number of thioether (sulfide) groups is 1. The lowest BCUT2D eigenvalue weighted by molar-refractivity contribution is 0.325. The first kappa shape index (κ1) is 13.5. The molecule has 0 saturated carbocycles. The summed E-state index contributed by atoms with van der Waals surface area (Å²) in [7, 11) is 0. The Labute approximate surface area is 113 Å². The number of nitrogens with zero attached hydrogens (tertiary/aromatic N) is 3. The molecule has 1 atom stereocenters. The van der Waals surface area contributed by atoms with E-state index in [0.717, 1.165) is 18.9 Å². The highest BCUT2D eigenvalue weighted by atomic mass is 32.2. The Hall–Kier alpha value is -0.970. The number of hydrogen-bond donors (Lipinski definition) is 0. The third-order valence-corrected chi connectivity index (χ3v) is 4.23. The van der Waals surface area contributed by atoms with Gasteiger partial charge in [-0.15, -0.1) is 0 Å². The highest BCUT2D eigenvalue weighted by Crippen LogP contribution is 2.24. The summed E-state index contributed by atoms with van der Waals surface area (Å²) in [5, 5.41) is 0.699. The van der Waals surface area contributed by atoms with Crippen LogP contribution in [0.15, 0.2) is 12.4 Å². The molecule has 5 heteroatoms. The summed E-state index contributed by atoms with van der Waals surface area (Å²) in [6.07, 6.45) is 9.55. The van der Waals surface area contributed by atoms with Gasteiger partial charge < -0.3 is 9.64 Å². The Balaban J connectivity index is 2.10. The summed E-state index contributed by atoms with van der Waals surface area (Å²) in [4.78, 5) is 11.1. The van der Waals surface area contributed by atoms with Crippen molar-refractivity contribution < 1.29 is 4.74 Å². The van der Waals surface area contributed by atoms with E-state index in [9.17, 15) is 0 Å². The monoisotopic (exact) mass is 267 g/mol. The maximum Gasteiger partial charge on any atom is 0.234 e. The maximum absolute atomic E-state index is 5.42. The molecule has 0 aliphatic carbocycles. The largest absolute Gasteiger partial charge is 0.477 e. The van der Waals surface area contributed by atoms with Crippen LogP contribution in [-0.2, 0) is 0 Å².